The second-order valence-corrected chi connectivity index (χ2v) is 8.64. The number of aromatic nitrogens is 1. The molecular weight excluding hydrogens is 346 g/mol. The number of hydrogen-bond donors (Lipinski definition) is 0. The maximum atomic E-state index is 13.0. The zero-order valence-electron chi connectivity index (χ0n) is 15.7. The highest BCUT2D eigenvalue weighted by Gasteiger charge is 2.47. The second-order valence-electron chi connectivity index (χ2n) is 7.44. The van der Waals surface area contributed by atoms with E-state index in [4.69, 9.17) is 4.74 Å². The van der Waals surface area contributed by atoms with Crippen molar-refractivity contribution in [3.63, 3.8) is 0 Å². The van der Waals surface area contributed by atoms with Crippen molar-refractivity contribution in [1.82, 2.24) is 14.8 Å². The number of nitrogens with zero attached hydrogens (tertiary/aromatic N) is 3. The SMILES string of the molecule is COc1ccc([C@@H]2[C@@H]3CN(C(=O)c4sc(C)nc4C)C[C@@H]3CN2C)cc1. The molecule has 1 amide bonds. The van der Waals surface area contributed by atoms with Gasteiger partial charge in [-0.15, -0.1) is 11.3 Å². The lowest BCUT2D eigenvalue weighted by molar-refractivity contribution is 0.0771. The molecule has 0 spiro atoms. The zero-order valence-corrected chi connectivity index (χ0v) is 16.5. The number of rotatable bonds is 3. The summed E-state index contributed by atoms with van der Waals surface area (Å²) in [6, 6.07) is 8.72. The summed E-state index contributed by atoms with van der Waals surface area (Å²) >= 11 is 1.51. The number of benzene rings is 1. The van der Waals surface area contributed by atoms with E-state index in [1.54, 1.807) is 7.11 Å². The van der Waals surface area contributed by atoms with Crippen LogP contribution in [0, 0.1) is 25.7 Å². The van der Waals surface area contributed by atoms with Crippen molar-refractivity contribution in [2.75, 3.05) is 33.8 Å². The second kappa shape index (κ2) is 6.67. The van der Waals surface area contributed by atoms with Gasteiger partial charge in [0.15, 0.2) is 0 Å². The maximum Gasteiger partial charge on any atom is 0.265 e. The smallest absolute Gasteiger partial charge is 0.265 e. The van der Waals surface area contributed by atoms with Crippen molar-refractivity contribution in [1.29, 1.82) is 0 Å². The first-order valence-corrected chi connectivity index (χ1v) is 9.87. The lowest BCUT2D eigenvalue weighted by Gasteiger charge is -2.27. The fraction of sp³-hybridized carbons (Fsp3) is 0.500. The molecule has 0 unspecified atom stereocenters. The fourth-order valence-electron chi connectivity index (χ4n) is 4.60. The number of likely N-dealkylation sites (tertiary alicyclic amines) is 2. The third-order valence-electron chi connectivity index (χ3n) is 5.74. The van der Waals surface area contributed by atoms with Crippen LogP contribution in [-0.2, 0) is 0 Å². The van der Waals surface area contributed by atoms with E-state index in [2.05, 4.69) is 29.1 Å². The number of methoxy groups -OCH3 is 1. The Morgan fingerprint density at radius 2 is 1.92 bits per heavy atom. The van der Waals surface area contributed by atoms with E-state index < -0.39 is 0 Å². The summed E-state index contributed by atoms with van der Waals surface area (Å²) in [6.45, 7) is 6.59. The van der Waals surface area contributed by atoms with E-state index in [1.807, 2.05) is 30.9 Å². The van der Waals surface area contributed by atoms with E-state index in [0.717, 1.165) is 41.0 Å². The number of fused-ring (bicyclic) bond motifs is 1. The van der Waals surface area contributed by atoms with Crippen LogP contribution in [0.4, 0.5) is 0 Å². The molecule has 2 aliphatic rings. The largest absolute Gasteiger partial charge is 0.497 e. The number of ether oxygens (including phenoxy) is 1. The number of carbonyl (C=O) groups excluding carboxylic acids is 1. The first-order chi connectivity index (χ1) is 12.5. The molecule has 2 aromatic rings. The molecule has 3 heterocycles. The van der Waals surface area contributed by atoms with Gasteiger partial charge in [0.25, 0.3) is 5.91 Å². The molecule has 0 N–H and O–H groups in total. The number of aryl methyl sites for hydroxylation is 2. The Bertz CT molecular complexity index is 817. The van der Waals surface area contributed by atoms with Crippen LogP contribution in [0.25, 0.3) is 0 Å². The van der Waals surface area contributed by atoms with Crippen LogP contribution >= 0.6 is 11.3 Å². The molecule has 5 nitrogen and oxygen atoms in total. The molecule has 0 radical (unpaired) electrons. The van der Waals surface area contributed by atoms with Gasteiger partial charge in [0, 0.05) is 31.6 Å². The Labute approximate surface area is 158 Å². The van der Waals surface area contributed by atoms with E-state index in [1.165, 1.54) is 16.9 Å². The fourth-order valence-corrected chi connectivity index (χ4v) is 5.49. The predicted molar refractivity (Wildman–Crippen MR) is 103 cm³/mol. The molecule has 26 heavy (non-hydrogen) atoms. The van der Waals surface area contributed by atoms with Gasteiger partial charge < -0.3 is 9.64 Å². The minimum Gasteiger partial charge on any atom is -0.497 e. The lowest BCUT2D eigenvalue weighted by atomic mass is 9.89. The lowest BCUT2D eigenvalue weighted by Crippen LogP contribution is -2.33. The van der Waals surface area contributed by atoms with Crippen molar-refractivity contribution in [2.45, 2.75) is 19.9 Å². The minimum absolute atomic E-state index is 0.152. The van der Waals surface area contributed by atoms with Crippen molar-refractivity contribution >= 4 is 17.2 Å². The summed E-state index contributed by atoms with van der Waals surface area (Å²) in [7, 11) is 3.88. The van der Waals surface area contributed by atoms with Crippen molar-refractivity contribution in [2.24, 2.45) is 11.8 Å². The highest BCUT2D eigenvalue weighted by molar-refractivity contribution is 7.13. The van der Waals surface area contributed by atoms with Crippen molar-refractivity contribution in [3.05, 3.63) is 45.4 Å². The molecule has 4 rings (SSSR count). The quantitative estimate of drug-likeness (QED) is 0.832. The normalized spacial score (nSPS) is 25.5. The van der Waals surface area contributed by atoms with E-state index in [-0.39, 0.29) is 5.91 Å². The third-order valence-corrected chi connectivity index (χ3v) is 6.80. The van der Waals surface area contributed by atoms with Gasteiger partial charge in [-0.05, 0) is 44.5 Å². The summed E-state index contributed by atoms with van der Waals surface area (Å²) in [5, 5.41) is 0.959. The first kappa shape index (κ1) is 17.5. The number of carbonyl (C=O) groups is 1. The van der Waals surface area contributed by atoms with Gasteiger partial charge in [0.1, 0.15) is 10.6 Å². The zero-order chi connectivity index (χ0) is 18.4. The monoisotopic (exact) mass is 371 g/mol. The molecule has 6 heteroatoms. The molecule has 2 saturated heterocycles. The van der Waals surface area contributed by atoms with Crippen LogP contribution in [0.15, 0.2) is 24.3 Å². The summed E-state index contributed by atoms with van der Waals surface area (Å²) in [6.07, 6.45) is 0. The molecule has 0 saturated carbocycles. The molecule has 1 aromatic carbocycles. The van der Waals surface area contributed by atoms with Gasteiger partial charge in [0.2, 0.25) is 0 Å². The topological polar surface area (TPSA) is 45.7 Å². The maximum absolute atomic E-state index is 13.0. The molecule has 2 fully saturated rings. The van der Waals surface area contributed by atoms with Crippen LogP contribution in [0.1, 0.15) is 32.0 Å². The molecule has 0 aliphatic carbocycles. The van der Waals surface area contributed by atoms with Crippen LogP contribution < -0.4 is 4.74 Å². The third kappa shape index (κ3) is 2.91. The highest BCUT2D eigenvalue weighted by Crippen LogP contribution is 2.44. The molecule has 138 valence electrons. The standard InChI is InChI=1S/C20H25N3O2S/c1-12-19(26-13(2)21-12)20(24)23-10-15-9-22(3)18(17(15)11-23)14-5-7-16(25-4)8-6-14/h5-8,15,17-18H,9-11H2,1-4H3/t15-,17+,18+/m0/s1. The van der Waals surface area contributed by atoms with Gasteiger partial charge in [-0.3, -0.25) is 9.69 Å². The Morgan fingerprint density at radius 1 is 1.19 bits per heavy atom. The van der Waals surface area contributed by atoms with Gasteiger partial charge in [0.05, 0.1) is 17.8 Å². The Kier molecular flexibility index (Phi) is 4.49. The predicted octanol–water partition coefficient (Wildman–Crippen LogP) is 3.14. The van der Waals surface area contributed by atoms with Crippen molar-refractivity contribution in [3.8, 4) is 5.75 Å². The summed E-state index contributed by atoms with van der Waals surface area (Å²) in [5.41, 5.74) is 2.17. The molecule has 1 aromatic heterocycles. The van der Waals surface area contributed by atoms with E-state index >= 15 is 0 Å². The molecular formula is C20H25N3O2S. The average molecular weight is 372 g/mol. The van der Waals surface area contributed by atoms with Crippen LogP contribution in [-0.4, -0.2) is 54.5 Å². The summed E-state index contributed by atoms with van der Waals surface area (Å²) < 4.78 is 5.28. The van der Waals surface area contributed by atoms with E-state index in [0.29, 0.717) is 17.9 Å². The first-order valence-electron chi connectivity index (χ1n) is 9.05. The van der Waals surface area contributed by atoms with Crippen molar-refractivity contribution < 1.29 is 9.53 Å². The van der Waals surface area contributed by atoms with Crippen LogP contribution in [0.5, 0.6) is 5.75 Å². The van der Waals surface area contributed by atoms with Crippen LogP contribution in [0.3, 0.4) is 0 Å². The number of hydrogen-bond acceptors (Lipinski definition) is 5. The summed E-state index contributed by atoms with van der Waals surface area (Å²) in [4.78, 5) is 22.7. The van der Waals surface area contributed by atoms with Gasteiger partial charge in [-0.25, -0.2) is 4.98 Å². The molecule has 2 aliphatic heterocycles. The Hall–Kier alpha value is -1.92. The Balaban J connectivity index is 1.54. The minimum atomic E-state index is 0.152. The number of amides is 1. The van der Waals surface area contributed by atoms with E-state index in [9.17, 15) is 4.79 Å². The molecule has 0 bridgehead atoms. The average Bonchev–Trinajstić information content (AvgIpc) is 3.26. The van der Waals surface area contributed by atoms with Crippen LogP contribution in [0.2, 0.25) is 0 Å². The van der Waals surface area contributed by atoms with Gasteiger partial charge in [-0.1, -0.05) is 12.1 Å². The summed E-state index contributed by atoms with van der Waals surface area (Å²) in [5.74, 6) is 2.04. The Morgan fingerprint density at radius 3 is 2.54 bits per heavy atom. The van der Waals surface area contributed by atoms with Gasteiger partial charge >= 0.3 is 0 Å². The molecule has 3 atom stereocenters. The van der Waals surface area contributed by atoms with Gasteiger partial charge in [-0.2, -0.15) is 0 Å². The number of thiazole rings is 1. The highest BCUT2D eigenvalue weighted by atomic mass is 32.1.